The van der Waals surface area contributed by atoms with E-state index in [0.29, 0.717) is 18.7 Å². The Labute approximate surface area is 122 Å². The van der Waals surface area contributed by atoms with Gasteiger partial charge in [0.2, 0.25) is 0 Å². The van der Waals surface area contributed by atoms with Crippen molar-refractivity contribution in [1.82, 2.24) is 4.90 Å². The second-order valence-electron chi connectivity index (χ2n) is 5.47. The van der Waals surface area contributed by atoms with E-state index < -0.39 is 0 Å². The molecule has 4 heteroatoms. The Morgan fingerprint density at radius 1 is 1.32 bits per heavy atom. The van der Waals surface area contributed by atoms with E-state index in [0.717, 1.165) is 29.6 Å². The predicted octanol–water partition coefficient (Wildman–Crippen LogP) is 3.73. The minimum absolute atomic E-state index is 0.117. The number of nitrogens with zero attached hydrogens (tertiary/aromatic N) is 1. The molecule has 104 valence electrons. The molecular weight excluding hydrogens is 309 g/mol. The van der Waals surface area contributed by atoms with Gasteiger partial charge in [-0.2, -0.15) is 0 Å². The summed E-state index contributed by atoms with van der Waals surface area (Å²) >= 11 is 3.30. The van der Waals surface area contributed by atoms with Crippen LogP contribution in [0.2, 0.25) is 0 Å². The van der Waals surface area contributed by atoms with Crippen molar-refractivity contribution < 1.29 is 9.13 Å². The van der Waals surface area contributed by atoms with E-state index in [1.807, 2.05) is 12.1 Å². The Bertz CT molecular complexity index is 452. The van der Waals surface area contributed by atoms with E-state index in [-0.39, 0.29) is 5.82 Å². The van der Waals surface area contributed by atoms with Gasteiger partial charge in [-0.25, -0.2) is 4.39 Å². The van der Waals surface area contributed by atoms with Crippen LogP contribution in [0.4, 0.5) is 4.39 Å². The zero-order valence-corrected chi connectivity index (χ0v) is 12.5. The molecule has 19 heavy (non-hydrogen) atoms. The highest BCUT2D eigenvalue weighted by Gasteiger charge is 2.34. The van der Waals surface area contributed by atoms with Crippen LogP contribution in [0.3, 0.4) is 0 Å². The fourth-order valence-electron chi connectivity index (χ4n) is 3.24. The minimum Gasteiger partial charge on any atom is -0.375 e. The second kappa shape index (κ2) is 5.90. The van der Waals surface area contributed by atoms with Crippen molar-refractivity contribution in [3.63, 3.8) is 0 Å². The van der Waals surface area contributed by atoms with E-state index in [9.17, 15) is 4.39 Å². The van der Waals surface area contributed by atoms with E-state index in [2.05, 4.69) is 20.8 Å². The largest absolute Gasteiger partial charge is 0.375 e. The van der Waals surface area contributed by atoms with Gasteiger partial charge in [-0.05, 0) is 25.0 Å². The molecule has 2 aliphatic rings. The number of benzene rings is 1. The van der Waals surface area contributed by atoms with Gasteiger partial charge in [0.1, 0.15) is 5.82 Å². The number of hydrogen-bond donors (Lipinski definition) is 0. The van der Waals surface area contributed by atoms with Crippen molar-refractivity contribution in [2.75, 3.05) is 13.2 Å². The lowest BCUT2D eigenvalue weighted by Crippen LogP contribution is -2.52. The van der Waals surface area contributed by atoms with Crippen molar-refractivity contribution >= 4 is 15.9 Å². The molecule has 2 atom stereocenters. The fraction of sp³-hybridized carbons (Fsp3) is 0.600. The topological polar surface area (TPSA) is 12.5 Å². The third kappa shape index (κ3) is 3.01. The molecule has 2 unspecified atom stereocenters. The molecule has 1 aromatic rings. The molecule has 0 spiro atoms. The Balaban J connectivity index is 1.74. The van der Waals surface area contributed by atoms with Crippen LogP contribution in [0, 0.1) is 5.82 Å². The highest BCUT2D eigenvalue weighted by molar-refractivity contribution is 9.10. The van der Waals surface area contributed by atoms with Gasteiger partial charge in [0.25, 0.3) is 0 Å². The first-order valence-electron chi connectivity index (χ1n) is 7.03. The molecule has 0 N–H and O–H groups in total. The Morgan fingerprint density at radius 2 is 2.16 bits per heavy atom. The molecule has 1 aliphatic carbocycles. The summed E-state index contributed by atoms with van der Waals surface area (Å²) in [6.07, 6.45) is 5.24. The van der Waals surface area contributed by atoms with Crippen molar-refractivity contribution in [2.24, 2.45) is 0 Å². The lowest BCUT2D eigenvalue weighted by atomic mass is 9.90. The monoisotopic (exact) mass is 327 g/mol. The number of fused-ring (bicyclic) bond motifs is 1. The third-order valence-corrected chi connectivity index (χ3v) is 4.73. The van der Waals surface area contributed by atoms with Gasteiger partial charge in [0.15, 0.2) is 0 Å². The van der Waals surface area contributed by atoms with Crippen molar-refractivity contribution in [1.29, 1.82) is 0 Å². The summed E-state index contributed by atoms with van der Waals surface area (Å²) in [5, 5.41) is 0. The summed E-state index contributed by atoms with van der Waals surface area (Å²) in [7, 11) is 0. The summed E-state index contributed by atoms with van der Waals surface area (Å²) < 4.78 is 20.6. The first-order valence-corrected chi connectivity index (χ1v) is 7.83. The number of morpholine rings is 1. The molecular formula is C15H19BrFNO. The number of ether oxygens (including phenoxy) is 1. The number of hydrogen-bond acceptors (Lipinski definition) is 2. The highest BCUT2D eigenvalue weighted by atomic mass is 79.9. The van der Waals surface area contributed by atoms with Gasteiger partial charge >= 0.3 is 0 Å². The van der Waals surface area contributed by atoms with E-state index in [1.165, 1.54) is 19.3 Å². The molecule has 3 rings (SSSR count). The van der Waals surface area contributed by atoms with E-state index in [1.54, 1.807) is 6.07 Å². The maximum atomic E-state index is 13.9. The SMILES string of the molecule is Fc1cc(Br)ccc1CN1CCOC2CCCCC21. The molecule has 2 fully saturated rings. The molecule has 2 nitrogen and oxygen atoms in total. The third-order valence-electron chi connectivity index (χ3n) is 4.24. The molecule has 1 heterocycles. The minimum atomic E-state index is -0.117. The van der Waals surface area contributed by atoms with Gasteiger partial charge in [-0.15, -0.1) is 0 Å². The Kier molecular flexibility index (Phi) is 4.20. The van der Waals surface area contributed by atoms with Gasteiger partial charge < -0.3 is 4.74 Å². The normalized spacial score (nSPS) is 28.1. The molecule has 0 bridgehead atoms. The highest BCUT2D eigenvalue weighted by Crippen LogP contribution is 2.30. The van der Waals surface area contributed by atoms with Crippen LogP contribution in [-0.2, 0) is 11.3 Å². The van der Waals surface area contributed by atoms with Crippen LogP contribution < -0.4 is 0 Å². The maximum Gasteiger partial charge on any atom is 0.128 e. The van der Waals surface area contributed by atoms with E-state index in [4.69, 9.17) is 4.74 Å². The van der Waals surface area contributed by atoms with Crippen molar-refractivity contribution in [3.05, 3.63) is 34.1 Å². The predicted molar refractivity (Wildman–Crippen MR) is 76.5 cm³/mol. The summed E-state index contributed by atoms with van der Waals surface area (Å²) in [6, 6.07) is 5.82. The number of rotatable bonds is 2. The summed E-state index contributed by atoms with van der Waals surface area (Å²) in [5.41, 5.74) is 0.787. The average Bonchev–Trinajstić information content (AvgIpc) is 2.42. The zero-order chi connectivity index (χ0) is 13.2. The molecule has 1 saturated heterocycles. The lowest BCUT2D eigenvalue weighted by molar-refractivity contribution is -0.0913. The Morgan fingerprint density at radius 3 is 3.00 bits per heavy atom. The lowest BCUT2D eigenvalue weighted by Gasteiger charge is -2.43. The number of halogens is 2. The first-order chi connectivity index (χ1) is 9.24. The van der Waals surface area contributed by atoms with Crippen LogP contribution in [0.1, 0.15) is 31.2 Å². The fourth-order valence-corrected chi connectivity index (χ4v) is 3.57. The smallest absolute Gasteiger partial charge is 0.128 e. The van der Waals surface area contributed by atoms with Crippen molar-refractivity contribution in [2.45, 2.75) is 44.4 Å². The molecule has 1 aliphatic heterocycles. The van der Waals surface area contributed by atoms with E-state index >= 15 is 0 Å². The maximum absolute atomic E-state index is 13.9. The van der Waals surface area contributed by atoms with Gasteiger partial charge in [-0.1, -0.05) is 34.8 Å². The van der Waals surface area contributed by atoms with Crippen LogP contribution in [0.5, 0.6) is 0 Å². The summed E-state index contributed by atoms with van der Waals surface area (Å²) in [4.78, 5) is 2.40. The molecule has 1 saturated carbocycles. The van der Waals surface area contributed by atoms with Crippen LogP contribution in [-0.4, -0.2) is 30.2 Å². The van der Waals surface area contributed by atoms with Gasteiger partial charge in [-0.3, -0.25) is 4.90 Å². The van der Waals surface area contributed by atoms with Crippen LogP contribution in [0.25, 0.3) is 0 Å². The van der Waals surface area contributed by atoms with Crippen LogP contribution >= 0.6 is 15.9 Å². The van der Waals surface area contributed by atoms with Gasteiger partial charge in [0, 0.05) is 29.2 Å². The molecule has 0 radical (unpaired) electrons. The summed E-state index contributed by atoms with van der Waals surface area (Å²) in [6.45, 7) is 2.39. The standard InChI is InChI=1S/C15H19BrFNO/c16-12-6-5-11(13(17)9-12)10-18-7-8-19-15-4-2-1-3-14(15)18/h5-6,9,14-15H,1-4,7-8,10H2. The quantitative estimate of drug-likeness (QED) is 0.820. The summed E-state index contributed by atoms with van der Waals surface area (Å²) in [5.74, 6) is -0.117. The van der Waals surface area contributed by atoms with Crippen LogP contribution in [0.15, 0.2) is 22.7 Å². The molecule has 1 aromatic carbocycles. The molecule has 0 aromatic heterocycles. The second-order valence-corrected chi connectivity index (χ2v) is 6.38. The average molecular weight is 328 g/mol. The van der Waals surface area contributed by atoms with Gasteiger partial charge in [0.05, 0.1) is 12.7 Å². The van der Waals surface area contributed by atoms with Crippen molar-refractivity contribution in [3.8, 4) is 0 Å². The first kappa shape index (κ1) is 13.5. The Hall–Kier alpha value is -0.450. The zero-order valence-electron chi connectivity index (χ0n) is 10.9. The molecule has 0 amide bonds.